The van der Waals surface area contributed by atoms with Crippen molar-refractivity contribution in [3.05, 3.63) is 42.3 Å². The second kappa shape index (κ2) is 7.29. The first-order valence-corrected chi connectivity index (χ1v) is 8.11. The molecule has 0 aliphatic carbocycles. The molecule has 1 aliphatic heterocycles. The summed E-state index contributed by atoms with van der Waals surface area (Å²) in [5.41, 5.74) is 0.849. The summed E-state index contributed by atoms with van der Waals surface area (Å²) >= 11 is 0. The number of likely N-dealkylation sites (tertiary alicyclic amines) is 1. The van der Waals surface area contributed by atoms with E-state index in [1.165, 1.54) is 0 Å². The summed E-state index contributed by atoms with van der Waals surface area (Å²) in [6.07, 6.45) is 5.24. The number of methoxy groups -OCH3 is 1. The molecule has 1 fully saturated rings. The minimum atomic E-state index is 0.0368. The summed E-state index contributed by atoms with van der Waals surface area (Å²) in [6.45, 7) is 3.23. The quantitative estimate of drug-likeness (QED) is 0.807. The molecule has 1 unspecified atom stereocenters. The van der Waals surface area contributed by atoms with Gasteiger partial charge in [0.15, 0.2) is 0 Å². The van der Waals surface area contributed by atoms with Gasteiger partial charge in [0.05, 0.1) is 13.0 Å². The summed E-state index contributed by atoms with van der Waals surface area (Å²) in [4.78, 5) is 18.4. The van der Waals surface area contributed by atoms with Crippen LogP contribution >= 0.6 is 0 Å². The molecular formula is C18H21N3O3. The molecule has 6 heteroatoms. The van der Waals surface area contributed by atoms with E-state index in [4.69, 9.17) is 9.26 Å². The Balaban J connectivity index is 1.76. The highest BCUT2D eigenvalue weighted by atomic mass is 16.5. The van der Waals surface area contributed by atoms with Crippen LogP contribution in [0, 0.1) is 0 Å². The van der Waals surface area contributed by atoms with Crippen molar-refractivity contribution >= 4 is 5.91 Å². The van der Waals surface area contributed by atoms with Crippen molar-refractivity contribution in [2.24, 2.45) is 0 Å². The number of hydrogen-bond acceptors (Lipinski definition) is 5. The zero-order chi connectivity index (χ0) is 16.9. The molecule has 1 aromatic heterocycles. The van der Waals surface area contributed by atoms with Gasteiger partial charge in [-0.1, -0.05) is 23.4 Å². The van der Waals surface area contributed by atoms with Crippen LogP contribution in [0.15, 0.2) is 40.9 Å². The lowest BCUT2D eigenvalue weighted by Gasteiger charge is -2.30. The number of amides is 1. The number of benzene rings is 1. The predicted octanol–water partition coefficient (Wildman–Crippen LogP) is 3.03. The molecule has 0 saturated carbocycles. The fourth-order valence-electron chi connectivity index (χ4n) is 2.91. The van der Waals surface area contributed by atoms with Gasteiger partial charge >= 0.3 is 0 Å². The molecule has 0 spiro atoms. The number of carbonyl (C=O) groups excluding carboxylic acids is 1. The van der Waals surface area contributed by atoms with Crippen LogP contribution in [0.5, 0.6) is 5.75 Å². The SMILES string of the molecule is C/C=C/C(=O)N1CCCC(c2nc(-c3cccc(OC)c3)no2)C1. The zero-order valence-electron chi connectivity index (χ0n) is 13.9. The number of rotatable bonds is 4. The maximum Gasteiger partial charge on any atom is 0.246 e. The summed E-state index contributed by atoms with van der Waals surface area (Å²) < 4.78 is 10.7. The zero-order valence-corrected chi connectivity index (χ0v) is 13.9. The van der Waals surface area contributed by atoms with E-state index in [0.717, 1.165) is 30.7 Å². The van der Waals surface area contributed by atoms with Crippen molar-refractivity contribution in [3.63, 3.8) is 0 Å². The van der Waals surface area contributed by atoms with Crippen molar-refractivity contribution in [2.75, 3.05) is 20.2 Å². The molecule has 126 valence electrons. The lowest BCUT2D eigenvalue weighted by Crippen LogP contribution is -2.38. The number of carbonyl (C=O) groups is 1. The van der Waals surface area contributed by atoms with Crippen LogP contribution in [-0.2, 0) is 4.79 Å². The molecule has 6 nitrogen and oxygen atoms in total. The van der Waals surface area contributed by atoms with Gasteiger partial charge in [-0.3, -0.25) is 4.79 Å². The van der Waals surface area contributed by atoms with Gasteiger partial charge < -0.3 is 14.2 Å². The molecule has 1 aliphatic rings. The van der Waals surface area contributed by atoms with Crippen molar-refractivity contribution in [1.82, 2.24) is 15.0 Å². The molecule has 0 bridgehead atoms. The summed E-state index contributed by atoms with van der Waals surface area (Å²) in [6, 6.07) is 7.55. The fourth-order valence-corrected chi connectivity index (χ4v) is 2.91. The molecule has 1 saturated heterocycles. The Labute approximate surface area is 141 Å². The highest BCUT2D eigenvalue weighted by Gasteiger charge is 2.27. The van der Waals surface area contributed by atoms with Crippen LogP contribution < -0.4 is 4.74 Å². The molecule has 1 amide bonds. The van der Waals surface area contributed by atoms with Crippen molar-refractivity contribution in [3.8, 4) is 17.1 Å². The van der Waals surface area contributed by atoms with Gasteiger partial charge in [-0.15, -0.1) is 0 Å². The third-order valence-electron chi connectivity index (χ3n) is 4.16. The van der Waals surface area contributed by atoms with Crippen molar-refractivity contribution in [1.29, 1.82) is 0 Å². The van der Waals surface area contributed by atoms with E-state index in [0.29, 0.717) is 18.3 Å². The minimum absolute atomic E-state index is 0.0368. The molecule has 1 aromatic carbocycles. The second-order valence-corrected chi connectivity index (χ2v) is 5.81. The van der Waals surface area contributed by atoms with Gasteiger partial charge in [-0.2, -0.15) is 4.98 Å². The Morgan fingerprint density at radius 1 is 1.46 bits per heavy atom. The van der Waals surface area contributed by atoms with Crippen LogP contribution in [0.3, 0.4) is 0 Å². The first-order valence-electron chi connectivity index (χ1n) is 8.11. The van der Waals surface area contributed by atoms with E-state index in [1.807, 2.05) is 36.1 Å². The van der Waals surface area contributed by atoms with Crippen LogP contribution in [0.4, 0.5) is 0 Å². The smallest absolute Gasteiger partial charge is 0.246 e. The topological polar surface area (TPSA) is 68.5 Å². The molecule has 3 rings (SSSR count). The highest BCUT2D eigenvalue weighted by molar-refractivity contribution is 5.87. The number of nitrogens with zero attached hydrogens (tertiary/aromatic N) is 3. The molecule has 24 heavy (non-hydrogen) atoms. The first kappa shape index (κ1) is 16.2. The third kappa shape index (κ3) is 3.48. The van der Waals surface area contributed by atoms with Gasteiger partial charge in [0.25, 0.3) is 0 Å². The van der Waals surface area contributed by atoms with E-state index in [9.17, 15) is 4.79 Å². The normalized spacial score (nSPS) is 18.1. The average molecular weight is 327 g/mol. The highest BCUT2D eigenvalue weighted by Crippen LogP contribution is 2.28. The maximum absolute atomic E-state index is 12.0. The molecular weight excluding hydrogens is 306 g/mol. The lowest BCUT2D eigenvalue weighted by atomic mass is 9.98. The Hall–Kier alpha value is -2.63. The minimum Gasteiger partial charge on any atom is -0.497 e. The van der Waals surface area contributed by atoms with Gasteiger partial charge in [0.2, 0.25) is 17.6 Å². The summed E-state index contributed by atoms with van der Waals surface area (Å²) in [5, 5.41) is 4.08. The Morgan fingerprint density at radius 3 is 3.12 bits per heavy atom. The number of piperidine rings is 1. The number of hydrogen-bond donors (Lipinski definition) is 0. The van der Waals surface area contributed by atoms with Crippen LogP contribution in [0.1, 0.15) is 31.6 Å². The summed E-state index contributed by atoms with van der Waals surface area (Å²) in [5.74, 6) is 2.00. The van der Waals surface area contributed by atoms with E-state index < -0.39 is 0 Å². The monoisotopic (exact) mass is 327 g/mol. The van der Waals surface area contributed by atoms with Gasteiger partial charge in [-0.05, 0) is 38.0 Å². The molecule has 1 atom stereocenters. The standard InChI is InChI=1S/C18H21N3O3/c1-3-6-16(22)21-10-5-8-14(12-21)18-19-17(20-24-18)13-7-4-9-15(11-13)23-2/h3-4,6-7,9,11,14H,5,8,10,12H2,1-2H3/b6-3+. The lowest BCUT2D eigenvalue weighted by molar-refractivity contribution is -0.127. The number of allylic oxidation sites excluding steroid dienone is 1. The molecule has 0 N–H and O–H groups in total. The van der Waals surface area contributed by atoms with E-state index in [-0.39, 0.29) is 11.8 Å². The Bertz CT molecular complexity index is 739. The number of ether oxygens (including phenoxy) is 1. The van der Waals surface area contributed by atoms with E-state index in [2.05, 4.69) is 10.1 Å². The van der Waals surface area contributed by atoms with Crippen molar-refractivity contribution in [2.45, 2.75) is 25.7 Å². The Kier molecular flexibility index (Phi) is 4.93. The second-order valence-electron chi connectivity index (χ2n) is 5.81. The summed E-state index contributed by atoms with van der Waals surface area (Å²) in [7, 11) is 1.62. The van der Waals surface area contributed by atoms with Crippen LogP contribution in [-0.4, -0.2) is 41.1 Å². The van der Waals surface area contributed by atoms with E-state index in [1.54, 1.807) is 19.3 Å². The van der Waals surface area contributed by atoms with Crippen LogP contribution in [0.25, 0.3) is 11.4 Å². The predicted molar refractivity (Wildman–Crippen MR) is 89.7 cm³/mol. The van der Waals surface area contributed by atoms with Crippen molar-refractivity contribution < 1.29 is 14.1 Å². The third-order valence-corrected chi connectivity index (χ3v) is 4.16. The largest absolute Gasteiger partial charge is 0.497 e. The number of aromatic nitrogens is 2. The maximum atomic E-state index is 12.0. The first-order chi connectivity index (χ1) is 11.7. The molecule has 0 radical (unpaired) electrons. The molecule has 2 heterocycles. The fraction of sp³-hybridized carbons (Fsp3) is 0.389. The molecule has 2 aromatic rings. The van der Waals surface area contributed by atoms with Crippen LogP contribution in [0.2, 0.25) is 0 Å². The van der Waals surface area contributed by atoms with Gasteiger partial charge in [0, 0.05) is 18.7 Å². The average Bonchev–Trinajstić information content (AvgIpc) is 3.12. The Morgan fingerprint density at radius 2 is 2.33 bits per heavy atom. The van der Waals surface area contributed by atoms with Gasteiger partial charge in [-0.25, -0.2) is 0 Å². The van der Waals surface area contributed by atoms with Gasteiger partial charge in [0.1, 0.15) is 5.75 Å². The van der Waals surface area contributed by atoms with E-state index >= 15 is 0 Å².